The highest BCUT2D eigenvalue weighted by molar-refractivity contribution is 6.04. The van der Waals surface area contributed by atoms with Crippen molar-refractivity contribution < 1.29 is 18.8 Å². The van der Waals surface area contributed by atoms with Gasteiger partial charge in [-0.15, -0.1) is 0 Å². The van der Waals surface area contributed by atoms with Crippen LogP contribution in [0.2, 0.25) is 0 Å². The zero-order valence-electron chi connectivity index (χ0n) is 15.3. The predicted molar refractivity (Wildman–Crippen MR) is 96.5 cm³/mol. The number of hydrogen-bond acceptors (Lipinski definition) is 5. The molecule has 0 aliphatic carbocycles. The second-order valence-electron chi connectivity index (χ2n) is 7.05. The van der Waals surface area contributed by atoms with Crippen molar-refractivity contribution in [1.82, 2.24) is 10.2 Å². The summed E-state index contributed by atoms with van der Waals surface area (Å²) < 4.78 is 18.8. The predicted octanol–water partition coefficient (Wildman–Crippen LogP) is 1.79. The van der Waals surface area contributed by atoms with Crippen LogP contribution in [-0.2, 0) is 14.4 Å². The van der Waals surface area contributed by atoms with E-state index in [1.165, 1.54) is 12.1 Å². The summed E-state index contributed by atoms with van der Waals surface area (Å²) in [7, 11) is 0. The fraction of sp³-hybridized carbons (Fsp3) is 0.579. The highest BCUT2D eigenvalue weighted by atomic mass is 19.1. The fourth-order valence-electron chi connectivity index (χ4n) is 3.37. The number of ether oxygens (including phenoxy) is 1. The Morgan fingerprint density at radius 1 is 1.38 bits per heavy atom. The Morgan fingerprint density at radius 2 is 2.15 bits per heavy atom. The molecule has 7 heteroatoms. The highest BCUT2D eigenvalue weighted by Crippen LogP contribution is 2.18. The molecule has 1 saturated heterocycles. The lowest BCUT2D eigenvalue weighted by molar-refractivity contribution is -0.131. The van der Waals surface area contributed by atoms with Gasteiger partial charge in [-0.1, -0.05) is 31.1 Å². The van der Waals surface area contributed by atoms with Crippen LogP contribution in [-0.4, -0.2) is 61.5 Å². The van der Waals surface area contributed by atoms with Gasteiger partial charge in [-0.25, -0.2) is 4.39 Å². The lowest BCUT2D eigenvalue weighted by Gasteiger charge is -2.37. The Bertz CT molecular complexity index is 659. The van der Waals surface area contributed by atoms with Crippen LogP contribution in [0.15, 0.2) is 29.4 Å². The molecule has 1 amide bonds. The Morgan fingerprint density at radius 3 is 2.85 bits per heavy atom. The Hall–Kier alpha value is -1.99. The monoisotopic (exact) mass is 363 g/mol. The van der Waals surface area contributed by atoms with Gasteiger partial charge in [-0.2, -0.15) is 0 Å². The molecular weight excluding hydrogens is 337 g/mol. The lowest BCUT2D eigenvalue weighted by atomic mass is 10.0. The van der Waals surface area contributed by atoms with E-state index in [0.29, 0.717) is 30.2 Å². The maximum Gasteiger partial charge on any atom is 0.264 e. The average molecular weight is 363 g/mol. The average Bonchev–Trinajstić information content (AvgIpc) is 3.13. The van der Waals surface area contributed by atoms with E-state index >= 15 is 0 Å². The number of morpholine rings is 1. The Kier molecular flexibility index (Phi) is 6.21. The maximum atomic E-state index is 13.3. The van der Waals surface area contributed by atoms with Crippen molar-refractivity contribution in [3.05, 3.63) is 35.6 Å². The number of nitrogens with one attached hydrogen (secondary N) is 1. The molecule has 2 aliphatic heterocycles. The van der Waals surface area contributed by atoms with Crippen molar-refractivity contribution in [2.75, 3.05) is 32.8 Å². The molecule has 1 aromatic rings. The minimum Gasteiger partial charge on any atom is -0.382 e. The first-order valence-electron chi connectivity index (χ1n) is 9.12. The normalized spacial score (nSPS) is 22.0. The number of oxime groups is 1. The van der Waals surface area contributed by atoms with Crippen molar-refractivity contribution >= 4 is 11.6 Å². The molecule has 142 valence electrons. The molecule has 1 fully saturated rings. The minimum absolute atomic E-state index is 0.181. The molecule has 1 aromatic carbocycles. The SMILES string of the molecule is CC(C)C(CNC(=O)C1CC(c2cccc(F)c2)=NO1)N1CCOCC1. The van der Waals surface area contributed by atoms with Crippen LogP contribution in [0.3, 0.4) is 0 Å². The highest BCUT2D eigenvalue weighted by Gasteiger charge is 2.30. The zero-order valence-corrected chi connectivity index (χ0v) is 15.3. The first-order valence-corrected chi connectivity index (χ1v) is 9.12. The molecule has 0 aromatic heterocycles. The van der Waals surface area contributed by atoms with Crippen LogP contribution in [0.5, 0.6) is 0 Å². The second-order valence-corrected chi connectivity index (χ2v) is 7.05. The summed E-state index contributed by atoms with van der Waals surface area (Å²) in [5.41, 5.74) is 1.24. The van der Waals surface area contributed by atoms with Crippen LogP contribution in [0.1, 0.15) is 25.8 Å². The Labute approximate surface area is 153 Å². The van der Waals surface area contributed by atoms with Crippen molar-refractivity contribution in [3.8, 4) is 0 Å². The number of nitrogens with zero attached hydrogens (tertiary/aromatic N) is 2. The van der Waals surface area contributed by atoms with E-state index in [2.05, 4.69) is 29.2 Å². The van der Waals surface area contributed by atoms with Gasteiger partial charge in [0.15, 0.2) is 0 Å². The summed E-state index contributed by atoms with van der Waals surface area (Å²) in [6.07, 6.45) is -0.315. The fourth-order valence-corrected chi connectivity index (χ4v) is 3.37. The first kappa shape index (κ1) is 18.8. The largest absolute Gasteiger partial charge is 0.382 e. The summed E-state index contributed by atoms with van der Waals surface area (Å²) in [6, 6.07) is 6.42. The van der Waals surface area contributed by atoms with Crippen LogP contribution in [0, 0.1) is 11.7 Å². The van der Waals surface area contributed by atoms with E-state index in [-0.39, 0.29) is 17.8 Å². The van der Waals surface area contributed by atoms with Gasteiger partial charge in [0.1, 0.15) is 5.82 Å². The molecule has 2 aliphatic rings. The van der Waals surface area contributed by atoms with Crippen molar-refractivity contribution in [2.45, 2.75) is 32.4 Å². The van der Waals surface area contributed by atoms with Crippen molar-refractivity contribution in [3.63, 3.8) is 0 Å². The van der Waals surface area contributed by atoms with Gasteiger partial charge in [0.05, 0.1) is 18.9 Å². The number of hydrogen-bond donors (Lipinski definition) is 1. The Balaban J connectivity index is 1.52. The van der Waals surface area contributed by atoms with Gasteiger partial charge in [0, 0.05) is 37.7 Å². The van der Waals surface area contributed by atoms with Gasteiger partial charge < -0.3 is 14.9 Å². The molecule has 1 N–H and O–H groups in total. The molecule has 2 heterocycles. The van der Waals surface area contributed by atoms with Gasteiger partial charge >= 0.3 is 0 Å². The molecule has 2 unspecified atom stereocenters. The van der Waals surface area contributed by atoms with E-state index in [4.69, 9.17) is 9.57 Å². The maximum absolute atomic E-state index is 13.3. The third-order valence-corrected chi connectivity index (χ3v) is 4.89. The van der Waals surface area contributed by atoms with Crippen molar-refractivity contribution in [2.24, 2.45) is 11.1 Å². The summed E-state index contributed by atoms with van der Waals surface area (Å²) in [4.78, 5) is 20.1. The lowest BCUT2D eigenvalue weighted by Crippen LogP contribution is -2.52. The topological polar surface area (TPSA) is 63.2 Å². The first-order chi connectivity index (χ1) is 12.5. The number of benzene rings is 1. The number of carbonyl (C=O) groups excluding carboxylic acids is 1. The molecule has 2 atom stereocenters. The van der Waals surface area contributed by atoms with E-state index < -0.39 is 6.10 Å². The second kappa shape index (κ2) is 8.60. The molecule has 0 bridgehead atoms. The third-order valence-electron chi connectivity index (χ3n) is 4.89. The van der Waals surface area contributed by atoms with E-state index in [0.717, 1.165) is 26.3 Å². The van der Waals surface area contributed by atoms with Crippen LogP contribution < -0.4 is 5.32 Å². The quantitative estimate of drug-likeness (QED) is 0.837. The minimum atomic E-state index is -0.661. The summed E-state index contributed by atoms with van der Waals surface area (Å²) in [6.45, 7) is 8.09. The molecule has 0 radical (unpaired) electrons. The molecular formula is C19H26FN3O3. The molecule has 0 spiro atoms. The van der Waals surface area contributed by atoms with Crippen LogP contribution in [0.4, 0.5) is 4.39 Å². The van der Waals surface area contributed by atoms with Crippen LogP contribution in [0.25, 0.3) is 0 Å². The molecule has 0 saturated carbocycles. The third kappa shape index (κ3) is 4.59. The zero-order chi connectivity index (χ0) is 18.5. The molecule has 3 rings (SSSR count). The number of rotatable bonds is 6. The molecule has 6 nitrogen and oxygen atoms in total. The van der Waals surface area contributed by atoms with Crippen molar-refractivity contribution in [1.29, 1.82) is 0 Å². The van der Waals surface area contributed by atoms with Gasteiger partial charge in [-0.05, 0) is 18.1 Å². The number of halogens is 1. The van der Waals surface area contributed by atoms with Gasteiger partial charge in [-0.3, -0.25) is 9.69 Å². The summed E-state index contributed by atoms with van der Waals surface area (Å²) in [5, 5.41) is 6.96. The molecule has 26 heavy (non-hydrogen) atoms. The van der Waals surface area contributed by atoms with E-state index in [9.17, 15) is 9.18 Å². The van der Waals surface area contributed by atoms with E-state index in [1.807, 2.05) is 0 Å². The van der Waals surface area contributed by atoms with E-state index in [1.54, 1.807) is 12.1 Å². The summed E-state index contributed by atoms with van der Waals surface area (Å²) >= 11 is 0. The number of amides is 1. The smallest absolute Gasteiger partial charge is 0.264 e. The number of carbonyl (C=O) groups is 1. The summed E-state index contributed by atoms with van der Waals surface area (Å²) in [5.74, 6) is -0.0977. The van der Waals surface area contributed by atoms with Gasteiger partial charge in [0.25, 0.3) is 5.91 Å². The standard InChI is InChI=1S/C19H26FN3O3/c1-13(2)17(23-6-8-25-9-7-23)12-21-19(24)18-11-16(22-26-18)14-4-3-5-15(20)10-14/h3-5,10,13,17-18H,6-9,11-12H2,1-2H3,(H,21,24). The van der Waals surface area contributed by atoms with Gasteiger partial charge in [0.2, 0.25) is 6.10 Å². The van der Waals surface area contributed by atoms with Crippen LogP contribution >= 0.6 is 0 Å².